The molecule has 186 valence electrons. The average molecular weight is 498 g/mol. The molecular formula is C29H22O8. The Kier molecular flexibility index (Phi) is 7.90. The van der Waals surface area contributed by atoms with E-state index in [1.165, 1.54) is 0 Å². The first-order valence-corrected chi connectivity index (χ1v) is 11.3. The summed E-state index contributed by atoms with van der Waals surface area (Å²) in [6, 6.07) is 25.2. The van der Waals surface area contributed by atoms with Gasteiger partial charge < -0.3 is 18.9 Å². The Balaban J connectivity index is 1.20. The van der Waals surface area contributed by atoms with Crippen molar-refractivity contribution in [2.24, 2.45) is 0 Å². The minimum absolute atomic E-state index is 0.245. The van der Waals surface area contributed by atoms with Gasteiger partial charge in [0.25, 0.3) is 0 Å². The van der Waals surface area contributed by atoms with Crippen molar-refractivity contribution in [3.05, 3.63) is 97.1 Å². The van der Waals surface area contributed by atoms with Crippen LogP contribution >= 0.6 is 0 Å². The third kappa shape index (κ3) is 6.58. The highest BCUT2D eigenvalue weighted by molar-refractivity contribution is 5.95. The van der Waals surface area contributed by atoms with Crippen molar-refractivity contribution in [1.82, 2.24) is 0 Å². The fraction of sp³-hybridized carbons (Fsp3) is 0.103. The molecule has 0 fully saturated rings. The molecule has 0 N–H and O–H groups in total. The van der Waals surface area contributed by atoms with Gasteiger partial charge in [0.05, 0.1) is 6.42 Å². The zero-order chi connectivity index (χ0) is 26.2. The van der Waals surface area contributed by atoms with Gasteiger partial charge in [-0.25, -0.2) is 14.4 Å². The van der Waals surface area contributed by atoms with Crippen molar-refractivity contribution >= 4 is 45.4 Å². The second-order valence-electron chi connectivity index (χ2n) is 7.92. The maximum absolute atomic E-state index is 12.1. The molecule has 0 heterocycles. The molecule has 0 spiro atoms. The van der Waals surface area contributed by atoms with E-state index >= 15 is 0 Å². The zero-order valence-corrected chi connectivity index (χ0v) is 19.7. The summed E-state index contributed by atoms with van der Waals surface area (Å²) in [5, 5.41) is 3.24. The quantitative estimate of drug-likeness (QED) is 0.188. The first kappa shape index (κ1) is 25.1. The molecule has 0 saturated carbocycles. The van der Waals surface area contributed by atoms with Gasteiger partial charge in [-0.15, -0.1) is 0 Å². The van der Waals surface area contributed by atoms with Crippen LogP contribution in [0, 0.1) is 0 Å². The number of benzene rings is 4. The van der Waals surface area contributed by atoms with E-state index < -0.39 is 43.5 Å². The van der Waals surface area contributed by atoms with E-state index in [0.29, 0.717) is 11.5 Å². The molecule has 0 atom stereocenters. The van der Waals surface area contributed by atoms with Gasteiger partial charge in [-0.2, -0.15) is 0 Å². The van der Waals surface area contributed by atoms with Gasteiger partial charge in [-0.05, 0) is 22.9 Å². The molecule has 0 bridgehead atoms. The Morgan fingerprint density at radius 3 is 1.57 bits per heavy atom. The minimum Gasteiger partial charge on any atom is -0.453 e. The summed E-state index contributed by atoms with van der Waals surface area (Å²) in [6.07, 6.45) is -0.529. The van der Waals surface area contributed by atoms with Crippen LogP contribution in [0.2, 0.25) is 0 Å². The smallest absolute Gasteiger partial charge is 0.349 e. The summed E-state index contributed by atoms with van der Waals surface area (Å²) in [5.74, 6) is -2.76. The Labute approximate surface area is 212 Å². The van der Waals surface area contributed by atoms with E-state index in [2.05, 4.69) is 6.58 Å². The second-order valence-corrected chi connectivity index (χ2v) is 7.92. The Morgan fingerprint density at radius 1 is 0.568 bits per heavy atom. The summed E-state index contributed by atoms with van der Waals surface area (Å²) in [7, 11) is 0. The van der Waals surface area contributed by atoms with Gasteiger partial charge in [0, 0.05) is 16.3 Å². The molecule has 0 aliphatic heterocycles. The van der Waals surface area contributed by atoms with Gasteiger partial charge >= 0.3 is 23.9 Å². The molecule has 0 aliphatic carbocycles. The fourth-order valence-corrected chi connectivity index (χ4v) is 3.54. The van der Waals surface area contributed by atoms with Crippen molar-refractivity contribution in [2.75, 3.05) is 13.2 Å². The predicted molar refractivity (Wildman–Crippen MR) is 135 cm³/mol. The van der Waals surface area contributed by atoms with E-state index in [1.54, 1.807) is 36.4 Å². The first-order chi connectivity index (χ1) is 17.9. The molecule has 0 aromatic heterocycles. The minimum atomic E-state index is -0.967. The summed E-state index contributed by atoms with van der Waals surface area (Å²) < 4.78 is 20.3. The maximum atomic E-state index is 12.1. The molecule has 0 amide bonds. The summed E-state index contributed by atoms with van der Waals surface area (Å²) in [5.41, 5.74) is -0.245. The van der Waals surface area contributed by atoms with Gasteiger partial charge in [-0.3, -0.25) is 4.79 Å². The Bertz CT molecular complexity index is 1490. The van der Waals surface area contributed by atoms with Gasteiger partial charge in [0.1, 0.15) is 11.5 Å². The molecule has 8 heteroatoms. The van der Waals surface area contributed by atoms with Crippen molar-refractivity contribution in [3.8, 4) is 11.5 Å². The van der Waals surface area contributed by atoms with Crippen molar-refractivity contribution in [3.63, 3.8) is 0 Å². The summed E-state index contributed by atoms with van der Waals surface area (Å²) in [4.78, 5) is 48.4. The number of hydrogen-bond acceptors (Lipinski definition) is 8. The van der Waals surface area contributed by atoms with Crippen molar-refractivity contribution in [1.29, 1.82) is 0 Å². The Morgan fingerprint density at radius 2 is 1.03 bits per heavy atom. The summed E-state index contributed by atoms with van der Waals surface area (Å²) in [6.45, 7) is 2.16. The number of carbonyl (C=O) groups excluding carboxylic acids is 4. The van der Waals surface area contributed by atoms with Gasteiger partial charge in [-0.1, -0.05) is 79.4 Å². The number of fused-ring (bicyclic) bond motifs is 2. The van der Waals surface area contributed by atoms with Crippen LogP contribution in [0.5, 0.6) is 11.5 Å². The number of rotatable bonds is 9. The molecule has 0 radical (unpaired) electrons. The SMILES string of the molecule is C=C(CC(=O)OCC(=O)Oc1cccc2ccccc12)C(=O)OCC(=O)Oc1cccc2ccccc12. The van der Waals surface area contributed by atoms with Crippen LogP contribution in [0.1, 0.15) is 6.42 Å². The van der Waals surface area contributed by atoms with E-state index in [-0.39, 0.29) is 5.57 Å². The number of carbonyl (C=O) groups is 4. The average Bonchev–Trinajstić information content (AvgIpc) is 2.91. The molecule has 0 saturated heterocycles. The third-order valence-electron chi connectivity index (χ3n) is 5.27. The number of hydrogen-bond donors (Lipinski definition) is 0. The largest absolute Gasteiger partial charge is 0.453 e. The highest BCUT2D eigenvalue weighted by Gasteiger charge is 2.18. The molecule has 4 rings (SSSR count). The normalized spacial score (nSPS) is 10.5. The van der Waals surface area contributed by atoms with Crippen LogP contribution in [0.25, 0.3) is 21.5 Å². The maximum Gasteiger partial charge on any atom is 0.349 e. The van der Waals surface area contributed by atoms with Crippen LogP contribution in [-0.4, -0.2) is 37.1 Å². The lowest BCUT2D eigenvalue weighted by Crippen LogP contribution is -2.22. The van der Waals surface area contributed by atoms with E-state index in [1.807, 2.05) is 48.5 Å². The van der Waals surface area contributed by atoms with E-state index in [9.17, 15) is 19.2 Å². The van der Waals surface area contributed by atoms with Crippen LogP contribution in [0.4, 0.5) is 0 Å². The number of esters is 4. The zero-order valence-electron chi connectivity index (χ0n) is 19.7. The lowest BCUT2D eigenvalue weighted by molar-refractivity contribution is -0.154. The molecule has 0 unspecified atom stereocenters. The topological polar surface area (TPSA) is 105 Å². The highest BCUT2D eigenvalue weighted by Crippen LogP contribution is 2.26. The molecule has 4 aromatic rings. The standard InChI is InChI=1S/C29H22O8/c1-19(29(33)35-18-28(32)37-25-15-7-11-21-9-3-5-13-23(21)25)16-26(30)34-17-27(31)36-24-14-6-10-20-8-2-4-12-22(20)24/h2-15H,1,16-18H2. The van der Waals surface area contributed by atoms with Gasteiger partial charge in [0.2, 0.25) is 0 Å². The van der Waals surface area contributed by atoms with Gasteiger partial charge in [0.15, 0.2) is 13.2 Å². The van der Waals surface area contributed by atoms with Crippen LogP contribution in [-0.2, 0) is 28.7 Å². The first-order valence-electron chi connectivity index (χ1n) is 11.3. The number of ether oxygens (including phenoxy) is 4. The Hall–Kier alpha value is -4.98. The monoisotopic (exact) mass is 498 g/mol. The molecular weight excluding hydrogens is 476 g/mol. The fourth-order valence-electron chi connectivity index (χ4n) is 3.54. The lowest BCUT2D eigenvalue weighted by atomic mass is 10.1. The summed E-state index contributed by atoms with van der Waals surface area (Å²) >= 11 is 0. The molecule has 8 nitrogen and oxygen atoms in total. The van der Waals surface area contributed by atoms with E-state index in [0.717, 1.165) is 21.5 Å². The van der Waals surface area contributed by atoms with Crippen LogP contribution < -0.4 is 9.47 Å². The molecule has 0 aliphatic rings. The lowest BCUT2D eigenvalue weighted by Gasteiger charge is -2.10. The highest BCUT2D eigenvalue weighted by atomic mass is 16.6. The molecule has 37 heavy (non-hydrogen) atoms. The second kappa shape index (κ2) is 11.6. The van der Waals surface area contributed by atoms with Crippen molar-refractivity contribution < 1.29 is 38.1 Å². The van der Waals surface area contributed by atoms with Crippen LogP contribution in [0.3, 0.4) is 0 Å². The third-order valence-corrected chi connectivity index (χ3v) is 5.27. The van der Waals surface area contributed by atoms with E-state index in [4.69, 9.17) is 18.9 Å². The van der Waals surface area contributed by atoms with Crippen molar-refractivity contribution in [2.45, 2.75) is 6.42 Å². The molecule has 4 aromatic carbocycles. The van der Waals surface area contributed by atoms with Crippen LogP contribution in [0.15, 0.2) is 97.1 Å². The predicted octanol–water partition coefficient (Wildman–Crippen LogP) is 4.54.